The van der Waals surface area contributed by atoms with E-state index in [1.807, 2.05) is 19.1 Å². The summed E-state index contributed by atoms with van der Waals surface area (Å²) in [4.78, 5) is 4.81. The maximum atomic E-state index is 5.57. The number of hydrogen-bond acceptors (Lipinski definition) is 4. The number of methoxy groups -OCH3 is 1. The molecule has 0 aromatic heterocycles. The summed E-state index contributed by atoms with van der Waals surface area (Å²) in [5.41, 5.74) is 1.31. The van der Waals surface area contributed by atoms with E-state index < -0.39 is 0 Å². The van der Waals surface area contributed by atoms with Gasteiger partial charge in [-0.3, -0.25) is 0 Å². The summed E-state index contributed by atoms with van der Waals surface area (Å²) in [5, 5.41) is 0. The number of rotatable bonds is 6. The summed E-state index contributed by atoms with van der Waals surface area (Å²) in [5.74, 6) is 6.74. The van der Waals surface area contributed by atoms with Crippen LogP contribution in [-0.4, -0.2) is 20.3 Å². The molecule has 1 aliphatic rings. The summed E-state index contributed by atoms with van der Waals surface area (Å²) in [7, 11) is 1.65. The van der Waals surface area contributed by atoms with Crippen molar-refractivity contribution >= 4 is 0 Å². The number of benzene rings is 1. The van der Waals surface area contributed by atoms with Crippen LogP contribution >= 0.6 is 0 Å². The molecule has 2 rings (SSSR count). The Labute approximate surface area is 102 Å². The van der Waals surface area contributed by atoms with Crippen molar-refractivity contribution in [3.63, 3.8) is 0 Å². The fourth-order valence-electron chi connectivity index (χ4n) is 2.10. The summed E-state index contributed by atoms with van der Waals surface area (Å²) in [6, 6.07) is 6.04. The molecule has 17 heavy (non-hydrogen) atoms. The Hall–Kier alpha value is -1.26. The Morgan fingerprint density at radius 3 is 2.59 bits per heavy atom. The van der Waals surface area contributed by atoms with Crippen LogP contribution in [0.5, 0.6) is 11.5 Å². The highest BCUT2D eigenvalue weighted by atomic mass is 16.6. The molecule has 0 unspecified atom stereocenters. The van der Waals surface area contributed by atoms with Crippen molar-refractivity contribution in [1.82, 2.24) is 0 Å². The molecule has 1 fully saturated rings. The normalized spacial score (nSPS) is 16.6. The van der Waals surface area contributed by atoms with Crippen molar-refractivity contribution in [1.29, 1.82) is 0 Å². The Morgan fingerprint density at radius 1 is 1.29 bits per heavy atom. The molecule has 0 spiro atoms. The van der Waals surface area contributed by atoms with E-state index in [2.05, 4.69) is 6.07 Å². The first kappa shape index (κ1) is 12.2. The van der Waals surface area contributed by atoms with E-state index in [4.69, 9.17) is 20.2 Å². The third-order valence-electron chi connectivity index (χ3n) is 3.29. The topological polar surface area (TPSA) is 53.7 Å². The van der Waals surface area contributed by atoms with Crippen LogP contribution < -0.4 is 15.4 Å². The van der Waals surface area contributed by atoms with E-state index in [0.29, 0.717) is 13.2 Å². The fraction of sp³-hybridized carbons (Fsp3) is 0.538. The Bertz CT molecular complexity index is 388. The fourth-order valence-corrected chi connectivity index (χ4v) is 2.10. The molecule has 1 aromatic rings. The van der Waals surface area contributed by atoms with Crippen LogP contribution in [0.15, 0.2) is 18.2 Å². The highest BCUT2D eigenvalue weighted by Crippen LogP contribution is 2.49. The minimum absolute atomic E-state index is 0.0902. The minimum Gasteiger partial charge on any atom is -0.493 e. The Kier molecular flexibility index (Phi) is 3.54. The van der Waals surface area contributed by atoms with Crippen LogP contribution in [0.25, 0.3) is 0 Å². The van der Waals surface area contributed by atoms with Crippen molar-refractivity contribution in [3.05, 3.63) is 23.8 Å². The van der Waals surface area contributed by atoms with Gasteiger partial charge in [-0.05, 0) is 37.5 Å². The van der Waals surface area contributed by atoms with Gasteiger partial charge < -0.3 is 14.3 Å². The average Bonchev–Trinajstić information content (AvgIpc) is 3.11. The first-order valence-electron chi connectivity index (χ1n) is 5.89. The standard InChI is InChI=1S/C13H19NO3/c1-3-16-12-8-10(4-5-11(12)15-2)13(6-7-13)9-17-14/h4-5,8H,3,6-7,9,14H2,1-2H3. The zero-order chi connectivity index (χ0) is 12.3. The summed E-state index contributed by atoms with van der Waals surface area (Å²) in [6.45, 7) is 3.15. The van der Waals surface area contributed by atoms with Gasteiger partial charge in [0.15, 0.2) is 11.5 Å². The molecule has 0 bridgehead atoms. The molecule has 0 heterocycles. The van der Waals surface area contributed by atoms with Crippen LogP contribution in [0.1, 0.15) is 25.3 Å². The average molecular weight is 237 g/mol. The number of nitrogens with two attached hydrogens (primary N) is 1. The molecule has 4 heteroatoms. The highest BCUT2D eigenvalue weighted by molar-refractivity contribution is 5.47. The van der Waals surface area contributed by atoms with Crippen LogP contribution in [0.2, 0.25) is 0 Å². The van der Waals surface area contributed by atoms with Gasteiger partial charge in [-0.15, -0.1) is 0 Å². The zero-order valence-electron chi connectivity index (χ0n) is 10.4. The third-order valence-corrected chi connectivity index (χ3v) is 3.29. The quantitative estimate of drug-likeness (QED) is 0.769. The summed E-state index contributed by atoms with van der Waals surface area (Å²) in [6.07, 6.45) is 2.23. The maximum Gasteiger partial charge on any atom is 0.161 e. The molecule has 94 valence electrons. The molecule has 4 nitrogen and oxygen atoms in total. The van der Waals surface area contributed by atoms with Crippen LogP contribution in [0.3, 0.4) is 0 Å². The monoisotopic (exact) mass is 237 g/mol. The smallest absolute Gasteiger partial charge is 0.161 e. The number of ether oxygens (including phenoxy) is 2. The second-order valence-corrected chi connectivity index (χ2v) is 4.39. The molecule has 0 saturated heterocycles. The van der Waals surface area contributed by atoms with Crippen molar-refractivity contribution in [2.24, 2.45) is 5.90 Å². The van der Waals surface area contributed by atoms with Gasteiger partial charge in [0, 0.05) is 5.41 Å². The van der Waals surface area contributed by atoms with Crippen molar-refractivity contribution in [2.45, 2.75) is 25.2 Å². The van der Waals surface area contributed by atoms with Crippen LogP contribution in [0.4, 0.5) is 0 Å². The predicted molar refractivity (Wildman–Crippen MR) is 65.2 cm³/mol. The Balaban J connectivity index is 2.27. The third kappa shape index (κ3) is 2.37. The second kappa shape index (κ2) is 4.94. The van der Waals surface area contributed by atoms with Gasteiger partial charge in [0.2, 0.25) is 0 Å². The van der Waals surface area contributed by atoms with E-state index in [0.717, 1.165) is 24.3 Å². The molecule has 1 aliphatic carbocycles. The molecule has 0 atom stereocenters. The second-order valence-electron chi connectivity index (χ2n) is 4.39. The van der Waals surface area contributed by atoms with Crippen molar-refractivity contribution in [2.75, 3.05) is 20.3 Å². The lowest BCUT2D eigenvalue weighted by Crippen LogP contribution is -2.18. The van der Waals surface area contributed by atoms with E-state index in [1.54, 1.807) is 7.11 Å². The van der Waals surface area contributed by atoms with Crippen molar-refractivity contribution in [3.8, 4) is 11.5 Å². The molecule has 0 aliphatic heterocycles. The first-order valence-corrected chi connectivity index (χ1v) is 5.89. The molecule has 1 aromatic carbocycles. The van der Waals surface area contributed by atoms with Crippen molar-refractivity contribution < 1.29 is 14.3 Å². The molecule has 2 N–H and O–H groups in total. The van der Waals surface area contributed by atoms with Gasteiger partial charge in [0.05, 0.1) is 20.3 Å². The largest absolute Gasteiger partial charge is 0.493 e. The summed E-state index contributed by atoms with van der Waals surface area (Å²) >= 11 is 0. The molecule has 0 amide bonds. The van der Waals surface area contributed by atoms with E-state index in [9.17, 15) is 0 Å². The lowest BCUT2D eigenvalue weighted by Gasteiger charge is -2.17. The van der Waals surface area contributed by atoms with Gasteiger partial charge in [-0.2, -0.15) is 0 Å². The van der Waals surface area contributed by atoms with Gasteiger partial charge in [-0.1, -0.05) is 6.07 Å². The van der Waals surface area contributed by atoms with E-state index >= 15 is 0 Å². The summed E-state index contributed by atoms with van der Waals surface area (Å²) < 4.78 is 10.8. The van der Waals surface area contributed by atoms with Gasteiger partial charge in [0.25, 0.3) is 0 Å². The lowest BCUT2D eigenvalue weighted by atomic mass is 9.96. The highest BCUT2D eigenvalue weighted by Gasteiger charge is 2.45. The SMILES string of the molecule is CCOc1cc(C2(CON)CC2)ccc1OC. The van der Waals surface area contributed by atoms with Crippen LogP contribution in [-0.2, 0) is 10.3 Å². The molecule has 1 saturated carbocycles. The zero-order valence-corrected chi connectivity index (χ0v) is 10.4. The van der Waals surface area contributed by atoms with E-state index in [1.165, 1.54) is 5.56 Å². The lowest BCUT2D eigenvalue weighted by molar-refractivity contribution is 0.116. The molecular formula is C13H19NO3. The van der Waals surface area contributed by atoms with Crippen LogP contribution in [0, 0.1) is 0 Å². The molecule has 0 radical (unpaired) electrons. The maximum absolute atomic E-state index is 5.57. The van der Waals surface area contributed by atoms with Gasteiger partial charge >= 0.3 is 0 Å². The first-order chi connectivity index (χ1) is 8.25. The number of hydrogen-bond donors (Lipinski definition) is 1. The Morgan fingerprint density at radius 2 is 2.06 bits per heavy atom. The van der Waals surface area contributed by atoms with Gasteiger partial charge in [0.1, 0.15) is 0 Å². The predicted octanol–water partition coefficient (Wildman–Crippen LogP) is 2.02. The minimum atomic E-state index is 0.0902. The van der Waals surface area contributed by atoms with E-state index in [-0.39, 0.29) is 5.41 Å². The molecular weight excluding hydrogens is 218 g/mol. The van der Waals surface area contributed by atoms with Gasteiger partial charge in [-0.25, -0.2) is 5.90 Å².